The van der Waals surface area contributed by atoms with Crippen LogP contribution in [0.3, 0.4) is 0 Å². The molecular weight excluding hydrogens is 488 g/mol. The largest absolute Gasteiger partial charge is 0.495 e. The molecule has 0 amide bonds. The molecule has 12 heteroatoms. The molecule has 3 aromatic rings. The smallest absolute Gasteiger partial charge is 0.343 e. The summed E-state index contributed by atoms with van der Waals surface area (Å²) in [5.74, 6) is -0.294. The first kappa shape index (κ1) is 25.0. The van der Waals surface area contributed by atoms with Crippen molar-refractivity contribution in [2.75, 3.05) is 28.4 Å². The predicted octanol–water partition coefficient (Wildman–Crippen LogP) is 3.26. The Kier molecular flexibility index (Phi) is 7.42. The molecule has 0 aromatic heterocycles. The van der Waals surface area contributed by atoms with Gasteiger partial charge in [-0.15, -0.1) is 0 Å². The molecule has 0 radical (unpaired) electrons. The standard InChI is InChI=1S/C22H22O10S2/c1-27-15-9-5-7-11-17(15)31-33(23,24)21-14-22(20(30-4)13-19(21)29-3)34(25,26)32-18-12-8-6-10-16(18)28-2/h5-14H,1-4H3. The van der Waals surface area contributed by atoms with Crippen LogP contribution in [-0.2, 0) is 20.2 Å². The van der Waals surface area contributed by atoms with E-state index in [9.17, 15) is 16.8 Å². The fourth-order valence-corrected chi connectivity index (χ4v) is 5.24. The van der Waals surface area contributed by atoms with E-state index in [1.54, 1.807) is 24.3 Å². The maximum Gasteiger partial charge on any atom is 0.343 e. The number of methoxy groups -OCH3 is 4. The molecule has 0 fully saturated rings. The molecule has 0 saturated carbocycles. The molecule has 0 atom stereocenters. The van der Waals surface area contributed by atoms with Crippen LogP contribution in [0.1, 0.15) is 0 Å². The Hall–Kier alpha value is -3.64. The van der Waals surface area contributed by atoms with E-state index >= 15 is 0 Å². The van der Waals surface area contributed by atoms with Gasteiger partial charge in [-0.05, 0) is 30.3 Å². The van der Waals surface area contributed by atoms with E-state index < -0.39 is 30.0 Å². The summed E-state index contributed by atoms with van der Waals surface area (Å²) in [6.07, 6.45) is 0. The first-order valence-electron chi connectivity index (χ1n) is 9.58. The molecule has 34 heavy (non-hydrogen) atoms. The van der Waals surface area contributed by atoms with Gasteiger partial charge in [0.2, 0.25) is 0 Å². The molecule has 0 spiro atoms. The molecule has 3 aromatic carbocycles. The molecule has 0 N–H and O–H groups in total. The van der Waals surface area contributed by atoms with Crippen molar-refractivity contribution in [1.29, 1.82) is 0 Å². The Balaban J connectivity index is 2.13. The molecule has 10 nitrogen and oxygen atoms in total. The van der Waals surface area contributed by atoms with Gasteiger partial charge in [0, 0.05) is 6.07 Å². The zero-order chi connectivity index (χ0) is 24.9. The molecule has 0 aliphatic heterocycles. The minimum absolute atomic E-state index is 0.0995. The Morgan fingerprint density at radius 2 is 0.794 bits per heavy atom. The summed E-state index contributed by atoms with van der Waals surface area (Å²) < 4.78 is 83.5. The van der Waals surface area contributed by atoms with Gasteiger partial charge in [-0.1, -0.05) is 24.3 Å². The van der Waals surface area contributed by atoms with Crippen LogP contribution in [-0.4, -0.2) is 45.3 Å². The quantitative estimate of drug-likeness (QED) is 0.375. The van der Waals surface area contributed by atoms with Crippen molar-refractivity contribution in [3.8, 4) is 34.5 Å². The van der Waals surface area contributed by atoms with E-state index in [-0.39, 0.29) is 34.5 Å². The zero-order valence-corrected chi connectivity index (χ0v) is 20.3. The van der Waals surface area contributed by atoms with Crippen molar-refractivity contribution in [1.82, 2.24) is 0 Å². The van der Waals surface area contributed by atoms with Gasteiger partial charge >= 0.3 is 20.2 Å². The zero-order valence-electron chi connectivity index (χ0n) is 18.7. The van der Waals surface area contributed by atoms with Gasteiger partial charge in [-0.2, -0.15) is 16.8 Å². The van der Waals surface area contributed by atoms with Crippen LogP contribution in [0.2, 0.25) is 0 Å². The third-order valence-electron chi connectivity index (χ3n) is 4.53. The summed E-state index contributed by atoms with van der Waals surface area (Å²) >= 11 is 0. The molecule has 0 saturated heterocycles. The summed E-state index contributed by atoms with van der Waals surface area (Å²) in [5, 5.41) is 0. The maximum absolute atomic E-state index is 13.1. The topological polar surface area (TPSA) is 124 Å². The van der Waals surface area contributed by atoms with Crippen LogP contribution in [0, 0.1) is 0 Å². The Morgan fingerprint density at radius 1 is 0.471 bits per heavy atom. The molecule has 0 bridgehead atoms. The first-order chi connectivity index (χ1) is 16.2. The van der Waals surface area contributed by atoms with Crippen LogP contribution in [0.5, 0.6) is 34.5 Å². The molecule has 3 rings (SSSR count). The molecular formula is C22H22O10S2. The summed E-state index contributed by atoms with van der Waals surface area (Å²) in [7, 11) is -4.04. The van der Waals surface area contributed by atoms with E-state index in [4.69, 9.17) is 27.3 Å². The second-order valence-electron chi connectivity index (χ2n) is 6.53. The predicted molar refractivity (Wildman–Crippen MR) is 121 cm³/mol. The van der Waals surface area contributed by atoms with E-state index in [0.717, 1.165) is 12.1 Å². The Labute approximate surface area is 197 Å². The van der Waals surface area contributed by atoms with E-state index in [1.807, 2.05) is 0 Å². The highest BCUT2D eigenvalue weighted by Gasteiger charge is 2.31. The van der Waals surface area contributed by atoms with Gasteiger partial charge in [0.15, 0.2) is 23.0 Å². The second kappa shape index (κ2) is 10.1. The highest BCUT2D eigenvalue weighted by atomic mass is 32.2. The molecule has 182 valence electrons. The Bertz CT molecular complexity index is 1280. The highest BCUT2D eigenvalue weighted by molar-refractivity contribution is 7.88. The summed E-state index contributed by atoms with van der Waals surface area (Å²) in [6, 6.07) is 14.1. The number of benzene rings is 3. The summed E-state index contributed by atoms with van der Waals surface area (Å²) in [5.41, 5.74) is 0. The lowest BCUT2D eigenvalue weighted by atomic mass is 10.3. The van der Waals surface area contributed by atoms with Crippen molar-refractivity contribution in [2.24, 2.45) is 0 Å². The highest BCUT2D eigenvalue weighted by Crippen LogP contribution is 2.39. The van der Waals surface area contributed by atoms with Crippen molar-refractivity contribution < 1.29 is 44.1 Å². The lowest BCUT2D eigenvalue weighted by molar-refractivity contribution is 0.370. The molecule has 0 aliphatic rings. The summed E-state index contributed by atoms with van der Waals surface area (Å²) in [4.78, 5) is -1.13. The lowest BCUT2D eigenvalue weighted by Crippen LogP contribution is -2.16. The van der Waals surface area contributed by atoms with E-state index in [2.05, 4.69) is 0 Å². The van der Waals surface area contributed by atoms with Crippen LogP contribution in [0.4, 0.5) is 0 Å². The van der Waals surface area contributed by atoms with Crippen molar-refractivity contribution >= 4 is 20.2 Å². The van der Waals surface area contributed by atoms with Crippen LogP contribution in [0.15, 0.2) is 70.5 Å². The molecule has 0 heterocycles. The lowest BCUT2D eigenvalue weighted by Gasteiger charge is -2.17. The number of rotatable bonds is 10. The SMILES string of the molecule is COc1ccccc1OS(=O)(=O)c1cc(S(=O)(=O)Oc2ccccc2OC)c(OC)cc1OC. The van der Waals surface area contributed by atoms with E-state index in [0.29, 0.717) is 0 Å². The molecule has 0 aliphatic carbocycles. The van der Waals surface area contributed by atoms with E-state index in [1.165, 1.54) is 52.7 Å². The number of ether oxygens (including phenoxy) is 4. The average Bonchev–Trinajstić information content (AvgIpc) is 2.83. The minimum atomic E-state index is -4.59. The fourth-order valence-electron chi connectivity index (χ4n) is 2.93. The number of para-hydroxylation sites is 4. The third kappa shape index (κ3) is 5.13. The van der Waals surface area contributed by atoms with Crippen LogP contribution >= 0.6 is 0 Å². The van der Waals surface area contributed by atoms with Crippen molar-refractivity contribution in [3.63, 3.8) is 0 Å². The van der Waals surface area contributed by atoms with Gasteiger partial charge in [0.05, 0.1) is 28.4 Å². The second-order valence-corrected chi connectivity index (χ2v) is 9.56. The van der Waals surface area contributed by atoms with Gasteiger partial charge < -0.3 is 27.3 Å². The number of hydrogen-bond donors (Lipinski definition) is 0. The molecule has 0 unspecified atom stereocenters. The third-order valence-corrected chi connectivity index (χ3v) is 7.04. The summed E-state index contributed by atoms with van der Waals surface area (Å²) in [6.45, 7) is 0. The van der Waals surface area contributed by atoms with Crippen molar-refractivity contribution in [2.45, 2.75) is 9.79 Å². The van der Waals surface area contributed by atoms with Crippen LogP contribution < -0.4 is 27.3 Å². The van der Waals surface area contributed by atoms with Gasteiger partial charge in [0.25, 0.3) is 0 Å². The first-order valence-corrected chi connectivity index (χ1v) is 12.4. The Morgan fingerprint density at radius 3 is 1.12 bits per heavy atom. The normalized spacial score (nSPS) is 11.4. The van der Waals surface area contributed by atoms with Gasteiger partial charge in [-0.3, -0.25) is 0 Å². The monoisotopic (exact) mass is 510 g/mol. The minimum Gasteiger partial charge on any atom is -0.495 e. The average molecular weight is 511 g/mol. The van der Waals surface area contributed by atoms with Crippen LogP contribution in [0.25, 0.3) is 0 Å². The van der Waals surface area contributed by atoms with Gasteiger partial charge in [-0.25, -0.2) is 0 Å². The number of hydrogen-bond acceptors (Lipinski definition) is 10. The maximum atomic E-state index is 13.1. The van der Waals surface area contributed by atoms with Gasteiger partial charge in [0.1, 0.15) is 21.3 Å². The van der Waals surface area contributed by atoms with Crippen molar-refractivity contribution in [3.05, 3.63) is 60.7 Å². The fraction of sp³-hybridized carbons (Fsp3) is 0.182.